The Labute approximate surface area is 193 Å². The number of hydrogen-bond donors (Lipinski definition) is 1. The fourth-order valence-corrected chi connectivity index (χ4v) is 3.59. The molecule has 1 aromatic heterocycles. The second-order valence-electron chi connectivity index (χ2n) is 7.56. The zero-order valence-corrected chi connectivity index (χ0v) is 18.1. The highest BCUT2D eigenvalue weighted by atomic mass is 19.4. The van der Waals surface area contributed by atoms with E-state index in [9.17, 15) is 22.4 Å². The number of benzene rings is 3. The number of carbonyl (C=O) groups excluding carboxylic acids is 1. The predicted molar refractivity (Wildman–Crippen MR) is 121 cm³/mol. The fraction of sp³-hybridized carbons (Fsp3) is 0.154. The summed E-state index contributed by atoms with van der Waals surface area (Å²) in [6.45, 7) is 2.15. The van der Waals surface area contributed by atoms with Crippen molar-refractivity contribution in [3.63, 3.8) is 0 Å². The van der Waals surface area contributed by atoms with E-state index in [4.69, 9.17) is 4.74 Å². The van der Waals surface area contributed by atoms with Gasteiger partial charge in [-0.05, 0) is 67.1 Å². The van der Waals surface area contributed by atoms with E-state index in [0.717, 1.165) is 17.7 Å². The summed E-state index contributed by atoms with van der Waals surface area (Å²) >= 11 is 0. The number of fused-ring (bicyclic) bond motifs is 1. The van der Waals surface area contributed by atoms with Crippen molar-refractivity contribution in [2.24, 2.45) is 0 Å². The van der Waals surface area contributed by atoms with Gasteiger partial charge in [-0.2, -0.15) is 13.2 Å². The van der Waals surface area contributed by atoms with Gasteiger partial charge in [-0.25, -0.2) is 9.37 Å². The van der Waals surface area contributed by atoms with Gasteiger partial charge in [0.2, 0.25) is 0 Å². The lowest BCUT2D eigenvalue weighted by molar-refractivity contribution is -0.137. The van der Waals surface area contributed by atoms with Crippen molar-refractivity contribution in [1.29, 1.82) is 0 Å². The minimum atomic E-state index is -4.69. The molecule has 0 spiro atoms. The largest absolute Gasteiger partial charge is 0.494 e. The third-order valence-corrected chi connectivity index (χ3v) is 5.16. The molecule has 34 heavy (non-hydrogen) atoms. The first-order valence-electron chi connectivity index (χ1n) is 10.5. The van der Waals surface area contributed by atoms with Crippen LogP contribution in [0.4, 0.5) is 17.6 Å². The minimum absolute atomic E-state index is 0.00535. The maximum Gasteiger partial charge on any atom is 0.416 e. The molecular weight excluding hydrogens is 448 g/mol. The van der Waals surface area contributed by atoms with Gasteiger partial charge in [-0.3, -0.25) is 4.79 Å². The number of nitrogens with zero attached hydrogens (tertiary/aromatic N) is 1. The molecule has 0 atom stereocenters. The SMILES string of the molecule is CCOc1ccc(-c2cc(C(=O)NCc3cc(F)cc(C(F)(F)F)c3)c3ccccc3n2)cc1. The van der Waals surface area contributed by atoms with E-state index in [1.54, 1.807) is 42.5 Å². The first-order valence-corrected chi connectivity index (χ1v) is 10.5. The summed E-state index contributed by atoms with van der Waals surface area (Å²) < 4.78 is 58.1. The quantitative estimate of drug-likeness (QED) is 0.334. The smallest absolute Gasteiger partial charge is 0.416 e. The molecular formula is C26H20F4N2O2. The summed E-state index contributed by atoms with van der Waals surface area (Å²) in [6, 6.07) is 18.2. The molecule has 0 saturated carbocycles. The molecule has 1 amide bonds. The zero-order chi connectivity index (χ0) is 24.3. The standard InChI is InChI=1S/C26H20F4N2O2/c1-2-34-20-9-7-17(8-10-20)24-14-22(21-5-3-4-6-23(21)32-24)25(33)31-15-16-11-18(26(28,29)30)13-19(27)12-16/h3-14H,2,15H2,1H3,(H,31,33). The molecule has 0 fully saturated rings. The van der Waals surface area contributed by atoms with Gasteiger partial charge in [0, 0.05) is 17.5 Å². The van der Waals surface area contributed by atoms with E-state index in [1.807, 2.05) is 19.1 Å². The normalized spacial score (nSPS) is 11.4. The van der Waals surface area contributed by atoms with E-state index in [-0.39, 0.29) is 12.1 Å². The molecule has 0 aliphatic heterocycles. The number of amides is 1. The molecule has 0 saturated heterocycles. The van der Waals surface area contributed by atoms with Gasteiger partial charge in [-0.1, -0.05) is 18.2 Å². The molecule has 0 radical (unpaired) electrons. The van der Waals surface area contributed by atoms with Crippen LogP contribution in [-0.4, -0.2) is 17.5 Å². The van der Waals surface area contributed by atoms with Gasteiger partial charge >= 0.3 is 6.18 Å². The number of rotatable bonds is 6. The third-order valence-electron chi connectivity index (χ3n) is 5.16. The molecule has 0 aliphatic carbocycles. The number of para-hydroxylation sites is 1. The lowest BCUT2D eigenvalue weighted by atomic mass is 10.0. The Morgan fingerprint density at radius 1 is 1.00 bits per heavy atom. The van der Waals surface area contributed by atoms with E-state index in [2.05, 4.69) is 10.3 Å². The Balaban J connectivity index is 1.64. The Hall–Kier alpha value is -3.94. The van der Waals surface area contributed by atoms with Crippen molar-refractivity contribution in [3.8, 4) is 17.0 Å². The van der Waals surface area contributed by atoms with Crippen molar-refractivity contribution < 1.29 is 27.1 Å². The lowest BCUT2D eigenvalue weighted by Gasteiger charge is -2.12. The highest BCUT2D eigenvalue weighted by Crippen LogP contribution is 2.31. The van der Waals surface area contributed by atoms with Crippen LogP contribution < -0.4 is 10.1 Å². The zero-order valence-electron chi connectivity index (χ0n) is 18.1. The number of ether oxygens (including phenoxy) is 1. The Bertz CT molecular complexity index is 1340. The third kappa shape index (κ3) is 5.17. The fourth-order valence-electron chi connectivity index (χ4n) is 3.59. The van der Waals surface area contributed by atoms with Crippen molar-refractivity contribution >= 4 is 16.8 Å². The highest BCUT2D eigenvalue weighted by Gasteiger charge is 2.31. The van der Waals surface area contributed by atoms with Crippen LogP contribution in [0.15, 0.2) is 72.8 Å². The van der Waals surface area contributed by atoms with Gasteiger partial charge in [0.05, 0.1) is 28.9 Å². The summed E-state index contributed by atoms with van der Waals surface area (Å²) in [7, 11) is 0. The van der Waals surface area contributed by atoms with Crippen molar-refractivity contribution in [2.75, 3.05) is 6.61 Å². The molecule has 4 rings (SSSR count). The second-order valence-corrected chi connectivity index (χ2v) is 7.56. The van der Waals surface area contributed by atoms with Gasteiger partial charge in [0.15, 0.2) is 0 Å². The maximum atomic E-state index is 13.7. The second kappa shape index (κ2) is 9.51. The summed E-state index contributed by atoms with van der Waals surface area (Å²) in [4.78, 5) is 17.7. The monoisotopic (exact) mass is 468 g/mol. The molecule has 3 aromatic carbocycles. The van der Waals surface area contributed by atoms with Crippen LogP contribution in [0.25, 0.3) is 22.2 Å². The number of aromatic nitrogens is 1. The number of hydrogen-bond acceptors (Lipinski definition) is 3. The highest BCUT2D eigenvalue weighted by molar-refractivity contribution is 6.07. The summed E-state index contributed by atoms with van der Waals surface area (Å²) in [6.07, 6.45) is -4.69. The van der Waals surface area contributed by atoms with Gasteiger partial charge in [0.25, 0.3) is 5.91 Å². The van der Waals surface area contributed by atoms with E-state index < -0.39 is 23.5 Å². The Morgan fingerprint density at radius 2 is 1.74 bits per heavy atom. The van der Waals surface area contributed by atoms with Crippen LogP contribution in [0.2, 0.25) is 0 Å². The molecule has 174 valence electrons. The number of halogens is 4. The molecule has 0 unspecified atom stereocenters. The van der Waals surface area contributed by atoms with Crippen LogP contribution in [0.3, 0.4) is 0 Å². The molecule has 4 aromatic rings. The van der Waals surface area contributed by atoms with Crippen LogP contribution in [-0.2, 0) is 12.7 Å². The first kappa shape index (κ1) is 23.2. The Kier molecular flexibility index (Phi) is 6.49. The maximum absolute atomic E-state index is 13.7. The van der Waals surface area contributed by atoms with Crippen LogP contribution in [0.1, 0.15) is 28.4 Å². The van der Waals surface area contributed by atoms with Gasteiger partial charge in [0.1, 0.15) is 11.6 Å². The average molecular weight is 468 g/mol. The number of nitrogens with one attached hydrogen (secondary N) is 1. The van der Waals surface area contributed by atoms with Gasteiger partial charge in [-0.15, -0.1) is 0 Å². The summed E-state index contributed by atoms with van der Waals surface area (Å²) in [5.74, 6) is -0.826. The van der Waals surface area contributed by atoms with E-state index >= 15 is 0 Å². The molecule has 8 heteroatoms. The summed E-state index contributed by atoms with van der Waals surface area (Å²) in [5.41, 5.74) is 1.11. The van der Waals surface area contributed by atoms with Crippen LogP contribution in [0.5, 0.6) is 5.75 Å². The van der Waals surface area contributed by atoms with Crippen LogP contribution in [0, 0.1) is 5.82 Å². The van der Waals surface area contributed by atoms with Gasteiger partial charge < -0.3 is 10.1 Å². The average Bonchev–Trinajstić information content (AvgIpc) is 2.81. The topological polar surface area (TPSA) is 51.2 Å². The van der Waals surface area contributed by atoms with E-state index in [0.29, 0.717) is 40.6 Å². The number of carbonyl (C=O) groups is 1. The minimum Gasteiger partial charge on any atom is -0.494 e. The first-order chi connectivity index (χ1) is 16.2. The number of alkyl halides is 3. The molecule has 0 bridgehead atoms. The molecule has 0 aliphatic rings. The molecule has 4 nitrogen and oxygen atoms in total. The van der Waals surface area contributed by atoms with Crippen LogP contribution >= 0.6 is 0 Å². The lowest BCUT2D eigenvalue weighted by Crippen LogP contribution is -2.23. The number of pyridine rings is 1. The van der Waals surface area contributed by atoms with Crippen molar-refractivity contribution in [2.45, 2.75) is 19.6 Å². The Morgan fingerprint density at radius 3 is 2.44 bits per heavy atom. The summed E-state index contributed by atoms with van der Waals surface area (Å²) in [5, 5.41) is 3.18. The predicted octanol–water partition coefficient (Wildman–Crippen LogP) is 6.39. The van der Waals surface area contributed by atoms with Crippen molar-refractivity contribution in [1.82, 2.24) is 10.3 Å². The van der Waals surface area contributed by atoms with Crippen molar-refractivity contribution in [3.05, 3.63) is 95.3 Å². The van der Waals surface area contributed by atoms with E-state index in [1.165, 1.54) is 0 Å². The molecule has 1 N–H and O–H groups in total. The molecule has 1 heterocycles.